The number of methoxy groups -OCH3 is 4. The van der Waals surface area contributed by atoms with Crippen LogP contribution < -0.4 is 23.7 Å². The molecule has 0 aliphatic heterocycles. The molecule has 0 saturated carbocycles. The zero-order chi connectivity index (χ0) is 20.0. The lowest BCUT2D eigenvalue weighted by Crippen LogP contribution is -2.08. The van der Waals surface area contributed by atoms with Crippen molar-refractivity contribution >= 4 is 5.97 Å². The van der Waals surface area contributed by atoms with Gasteiger partial charge in [0.25, 0.3) is 0 Å². The minimum Gasteiger partial charge on any atom is -0.492 e. The number of para-hydroxylation sites is 1. The lowest BCUT2D eigenvalue weighted by atomic mass is 9.96. The smallest absolute Gasteiger partial charge is 0.335 e. The summed E-state index contributed by atoms with van der Waals surface area (Å²) in [5.74, 6) is 1.94. The molecule has 2 rings (SSSR count). The fourth-order valence-electron chi connectivity index (χ4n) is 2.96. The lowest BCUT2D eigenvalue weighted by molar-refractivity contribution is -0.129. The molecule has 0 saturated heterocycles. The van der Waals surface area contributed by atoms with Gasteiger partial charge in [-0.25, -0.2) is 4.79 Å². The molecule has 0 amide bonds. The molecule has 0 unspecified atom stereocenters. The summed E-state index contributed by atoms with van der Waals surface area (Å²) in [6.45, 7) is 5.35. The summed E-state index contributed by atoms with van der Waals surface area (Å²) in [5, 5.41) is 0. The summed E-state index contributed by atoms with van der Waals surface area (Å²) in [5.41, 5.74) is 2.49. The fourth-order valence-corrected chi connectivity index (χ4v) is 2.96. The Bertz CT molecular complexity index is 841. The molecule has 0 aliphatic rings. The van der Waals surface area contributed by atoms with E-state index in [1.807, 2.05) is 19.1 Å². The van der Waals surface area contributed by atoms with Crippen LogP contribution >= 0.6 is 0 Å². The summed E-state index contributed by atoms with van der Waals surface area (Å²) in [6, 6.07) is 7.29. The van der Waals surface area contributed by atoms with Gasteiger partial charge in [-0.05, 0) is 18.6 Å². The molecule has 6 nitrogen and oxygen atoms in total. The van der Waals surface area contributed by atoms with Gasteiger partial charge in [0.15, 0.2) is 11.5 Å². The highest BCUT2D eigenvalue weighted by atomic mass is 16.5. The maximum atomic E-state index is 11.6. The van der Waals surface area contributed by atoms with Gasteiger partial charge < -0.3 is 23.7 Å². The highest BCUT2D eigenvalue weighted by Crippen LogP contribution is 2.50. The van der Waals surface area contributed by atoms with Crippen molar-refractivity contribution < 1.29 is 28.5 Å². The van der Waals surface area contributed by atoms with Gasteiger partial charge in [0.05, 0.1) is 28.4 Å². The molecule has 0 radical (unpaired) electrons. The van der Waals surface area contributed by atoms with Crippen LogP contribution in [0.15, 0.2) is 36.9 Å². The third-order valence-electron chi connectivity index (χ3n) is 4.22. The van der Waals surface area contributed by atoms with Crippen LogP contribution in [-0.4, -0.2) is 34.4 Å². The fraction of sp³-hybridized carbons (Fsp3) is 0.286. The number of ether oxygens (including phenoxy) is 5. The number of carbonyl (C=O) groups is 1. The van der Waals surface area contributed by atoms with Crippen molar-refractivity contribution in [2.45, 2.75) is 13.3 Å². The molecule has 0 aliphatic carbocycles. The summed E-state index contributed by atoms with van der Waals surface area (Å²) < 4.78 is 27.5. The van der Waals surface area contributed by atoms with Crippen molar-refractivity contribution in [2.75, 3.05) is 28.4 Å². The Labute approximate surface area is 159 Å². The number of esters is 1. The van der Waals surface area contributed by atoms with E-state index in [9.17, 15) is 4.79 Å². The zero-order valence-electron chi connectivity index (χ0n) is 16.3. The van der Waals surface area contributed by atoms with Crippen LogP contribution in [0.1, 0.15) is 16.7 Å². The maximum absolute atomic E-state index is 11.6. The van der Waals surface area contributed by atoms with Crippen LogP contribution in [0.5, 0.6) is 28.7 Å². The Kier molecular flexibility index (Phi) is 6.71. The summed E-state index contributed by atoms with van der Waals surface area (Å²) >= 11 is 0. The molecule has 0 heterocycles. The maximum Gasteiger partial charge on any atom is 0.335 e. The zero-order valence-corrected chi connectivity index (χ0v) is 16.3. The summed E-state index contributed by atoms with van der Waals surface area (Å²) in [4.78, 5) is 11.6. The van der Waals surface area contributed by atoms with Crippen molar-refractivity contribution in [2.24, 2.45) is 0 Å². The van der Waals surface area contributed by atoms with Crippen LogP contribution in [0.2, 0.25) is 0 Å². The van der Waals surface area contributed by atoms with E-state index in [-0.39, 0.29) is 0 Å². The van der Waals surface area contributed by atoms with E-state index in [4.69, 9.17) is 23.7 Å². The van der Waals surface area contributed by atoms with Gasteiger partial charge in [-0.1, -0.05) is 24.8 Å². The summed E-state index contributed by atoms with van der Waals surface area (Å²) in [7, 11) is 6.22. The van der Waals surface area contributed by atoms with Crippen LogP contribution in [-0.2, 0) is 11.2 Å². The van der Waals surface area contributed by atoms with Gasteiger partial charge in [-0.3, -0.25) is 0 Å². The van der Waals surface area contributed by atoms with E-state index in [0.29, 0.717) is 35.2 Å². The Hall–Kier alpha value is -3.15. The van der Waals surface area contributed by atoms with E-state index in [1.165, 1.54) is 0 Å². The van der Waals surface area contributed by atoms with Crippen LogP contribution in [0.3, 0.4) is 0 Å². The molecule has 0 fully saturated rings. The van der Waals surface area contributed by atoms with Crippen LogP contribution in [0.4, 0.5) is 0 Å². The van der Waals surface area contributed by atoms with E-state index < -0.39 is 5.97 Å². The predicted octanol–water partition coefficient (Wildman–Crippen LogP) is 3.71. The molecule has 6 heteroatoms. The molecule has 0 N–H and O–H groups in total. The van der Waals surface area contributed by atoms with Gasteiger partial charge in [-0.2, -0.15) is 0 Å². The molecule has 144 valence electrons. The van der Waals surface area contributed by atoms with E-state index in [0.717, 1.165) is 22.8 Å². The minimum absolute atomic E-state index is 0.437. The normalized spacial score (nSPS) is 10.1. The average Bonchev–Trinajstić information content (AvgIpc) is 2.69. The molecule has 0 atom stereocenters. The topological polar surface area (TPSA) is 63.2 Å². The van der Waals surface area contributed by atoms with Crippen molar-refractivity contribution in [3.8, 4) is 28.7 Å². The third-order valence-corrected chi connectivity index (χ3v) is 4.22. The van der Waals surface area contributed by atoms with Gasteiger partial charge >= 0.3 is 5.97 Å². The second-order valence-electron chi connectivity index (χ2n) is 5.65. The van der Waals surface area contributed by atoms with Gasteiger partial charge in [-0.15, -0.1) is 0 Å². The molecular formula is C21H24O6. The molecule has 0 bridgehead atoms. The average molecular weight is 372 g/mol. The van der Waals surface area contributed by atoms with Crippen molar-refractivity contribution in [1.29, 1.82) is 0 Å². The lowest BCUT2D eigenvalue weighted by Gasteiger charge is -2.22. The van der Waals surface area contributed by atoms with E-state index in [2.05, 4.69) is 6.58 Å². The second-order valence-corrected chi connectivity index (χ2v) is 5.65. The monoisotopic (exact) mass is 372 g/mol. The Balaban J connectivity index is 2.63. The Morgan fingerprint density at radius 3 is 2.04 bits per heavy atom. The molecule has 0 spiro atoms. The third kappa shape index (κ3) is 4.00. The van der Waals surface area contributed by atoms with Crippen LogP contribution in [0, 0.1) is 6.92 Å². The van der Waals surface area contributed by atoms with Gasteiger partial charge in [0, 0.05) is 23.6 Å². The van der Waals surface area contributed by atoms with E-state index >= 15 is 0 Å². The molecule has 27 heavy (non-hydrogen) atoms. The van der Waals surface area contributed by atoms with Crippen molar-refractivity contribution in [3.63, 3.8) is 0 Å². The number of benzene rings is 2. The first kappa shape index (κ1) is 20.2. The first-order chi connectivity index (χ1) is 13.0. The predicted molar refractivity (Wildman–Crippen MR) is 102 cm³/mol. The quantitative estimate of drug-likeness (QED) is 0.400. The highest BCUT2D eigenvalue weighted by molar-refractivity contribution is 5.83. The van der Waals surface area contributed by atoms with Gasteiger partial charge in [0.1, 0.15) is 5.75 Å². The number of rotatable bonds is 8. The number of hydrogen-bond donors (Lipinski definition) is 0. The van der Waals surface area contributed by atoms with Crippen molar-refractivity contribution in [3.05, 3.63) is 53.6 Å². The Morgan fingerprint density at radius 2 is 1.48 bits per heavy atom. The largest absolute Gasteiger partial charge is 0.492 e. The molecule has 2 aromatic rings. The van der Waals surface area contributed by atoms with Gasteiger partial charge in [0.2, 0.25) is 11.5 Å². The molecular weight excluding hydrogens is 348 g/mol. The molecule has 2 aromatic carbocycles. The SMILES string of the molecule is C=CC(=O)Oc1ccccc1Cc1c(C)c(OC)c(OC)c(OC)c1OC. The van der Waals surface area contributed by atoms with E-state index in [1.54, 1.807) is 40.6 Å². The number of hydrogen-bond acceptors (Lipinski definition) is 6. The van der Waals surface area contributed by atoms with Crippen molar-refractivity contribution in [1.82, 2.24) is 0 Å². The Morgan fingerprint density at radius 1 is 0.926 bits per heavy atom. The highest BCUT2D eigenvalue weighted by Gasteiger charge is 2.26. The molecule has 0 aromatic heterocycles. The summed E-state index contributed by atoms with van der Waals surface area (Å²) in [6.07, 6.45) is 1.56. The number of carbonyl (C=O) groups excluding carboxylic acids is 1. The second kappa shape index (κ2) is 8.98. The minimum atomic E-state index is -0.518. The first-order valence-corrected chi connectivity index (χ1v) is 8.29. The van der Waals surface area contributed by atoms with Crippen LogP contribution in [0.25, 0.3) is 0 Å². The standard InChI is InChI=1S/C21H24O6/c1-7-17(22)27-16-11-9-8-10-14(16)12-15-13(2)18(23-3)20(25-5)21(26-6)19(15)24-4/h7-11H,1,12H2,2-6H3. The first-order valence-electron chi connectivity index (χ1n) is 8.29.